The molecule has 4 N–H and O–H groups in total. The monoisotopic (exact) mass is 363 g/mol. The third kappa shape index (κ3) is 5.01. The molecule has 0 aromatic heterocycles. The second kappa shape index (κ2) is 6.01. The van der Waals surface area contributed by atoms with Crippen LogP contribution in [0.2, 0.25) is 0 Å². The van der Waals surface area contributed by atoms with Crippen molar-refractivity contribution in [3.05, 3.63) is 28.2 Å². The molecule has 8 heteroatoms. The quantitative estimate of drug-likeness (QED) is 0.330. The first kappa shape index (κ1) is 16.8. The van der Waals surface area contributed by atoms with Crippen molar-refractivity contribution in [3.8, 4) is 0 Å². The van der Waals surface area contributed by atoms with Crippen molar-refractivity contribution < 1.29 is 13.6 Å². The zero-order valence-corrected chi connectivity index (χ0v) is 13.9. The molecule has 0 aliphatic heterocycles. The molecule has 0 saturated carbocycles. The predicted molar refractivity (Wildman–Crippen MR) is 83.5 cm³/mol. The Morgan fingerprint density at radius 2 is 2.05 bits per heavy atom. The van der Waals surface area contributed by atoms with Crippen LogP contribution in [0.5, 0.6) is 0 Å². The Morgan fingerprint density at radius 1 is 1.45 bits per heavy atom. The van der Waals surface area contributed by atoms with Gasteiger partial charge in [0.05, 0.1) is 11.4 Å². The number of sulfonamides is 1. The number of amidine groups is 1. The lowest BCUT2D eigenvalue weighted by Crippen LogP contribution is -2.27. The Morgan fingerprint density at radius 3 is 2.55 bits per heavy atom. The van der Waals surface area contributed by atoms with Crippen molar-refractivity contribution >= 4 is 37.5 Å². The molecule has 0 aliphatic rings. The van der Waals surface area contributed by atoms with E-state index in [4.69, 9.17) is 10.9 Å². The summed E-state index contributed by atoms with van der Waals surface area (Å²) in [4.78, 5) is 0. The van der Waals surface area contributed by atoms with Crippen LogP contribution in [-0.4, -0.2) is 25.2 Å². The van der Waals surface area contributed by atoms with E-state index >= 15 is 0 Å². The number of hydrogen-bond acceptors (Lipinski definition) is 4. The van der Waals surface area contributed by atoms with Gasteiger partial charge in [0.2, 0.25) is 10.0 Å². The fourth-order valence-electron chi connectivity index (χ4n) is 1.65. The second-order valence-corrected chi connectivity index (χ2v) is 8.23. The average Bonchev–Trinajstić information content (AvgIpc) is 2.24. The maximum atomic E-state index is 12.1. The highest BCUT2D eigenvalue weighted by atomic mass is 79.9. The molecule has 1 aromatic rings. The molecule has 20 heavy (non-hydrogen) atoms. The zero-order chi connectivity index (χ0) is 15.6. The molecule has 0 heterocycles. The Hall–Kier alpha value is -1.28. The topological polar surface area (TPSA) is 105 Å². The summed E-state index contributed by atoms with van der Waals surface area (Å²) in [6.45, 7) is 5.49. The summed E-state index contributed by atoms with van der Waals surface area (Å²) in [6, 6.07) is 4.80. The van der Waals surface area contributed by atoms with Gasteiger partial charge in [0.15, 0.2) is 5.84 Å². The molecule has 0 aliphatic carbocycles. The number of rotatable bonds is 4. The van der Waals surface area contributed by atoms with Crippen molar-refractivity contribution in [1.82, 2.24) is 0 Å². The van der Waals surface area contributed by atoms with Crippen LogP contribution in [-0.2, 0) is 10.0 Å². The van der Waals surface area contributed by atoms with Crippen molar-refractivity contribution in [1.29, 1.82) is 0 Å². The van der Waals surface area contributed by atoms with Crippen LogP contribution < -0.4 is 10.5 Å². The van der Waals surface area contributed by atoms with Crippen LogP contribution in [0.3, 0.4) is 0 Å². The highest BCUT2D eigenvalue weighted by molar-refractivity contribution is 9.10. The lowest BCUT2D eigenvalue weighted by molar-refractivity contribution is 0.318. The van der Waals surface area contributed by atoms with E-state index < -0.39 is 10.0 Å². The number of benzene rings is 1. The summed E-state index contributed by atoms with van der Waals surface area (Å²) in [5, 5.41) is 11.6. The van der Waals surface area contributed by atoms with E-state index in [1.54, 1.807) is 18.2 Å². The fraction of sp³-hybridized carbons (Fsp3) is 0.417. The average molecular weight is 364 g/mol. The van der Waals surface area contributed by atoms with Crippen molar-refractivity contribution in [2.45, 2.75) is 20.8 Å². The molecular weight excluding hydrogens is 346 g/mol. The third-order valence-corrected chi connectivity index (χ3v) is 4.52. The van der Waals surface area contributed by atoms with Gasteiger partial charge in [0, 0.05) is 10.0 Å². The highest BCUT2D eigenvalue weighted by Crippen LogP contribution is 2.24. The van der Waals surface area contributed by atoms with Crippen molar-refractivity contribution in [3.63, 3.8) is 0 Å². The highest BCUT2D eigenvalue weighted by Gasteiger charge is 2.23. The van der Waals surface area contributed by atoms with E-state index in [0.29, 0.717) is 10.0 Å². The molecule has 1 rings (SSSR count). The van der Waals surface area contributed by atoms with Gasteiger partial charge in [-0.3, -0.25) is 4.72 Å². The number of nitrogens with zero attached hydrogens (tertiary/aromatic N) is 1. The molecule has 1 aromatic carbocycles. The number of nitrogens with one attached hydrogen (secondary N) is 1. The normalized spacial score (nSPS) is 13.3. The fourth-order valence-corrected chi connectivity index (χ4v) is 3.73. The minimum Gasteiger partial charge on any atom is -0.409 e. The minimum absolute atomic E-state index is 0.0396. The first-order chi connectivity index (χ1) is 9.04. The van der Waals surface area contributed by atoms with E-state index in [1.807, 2.05) is 20.8 Å². The van der Waals surface area contributed by atoms with Crippen LogP contribution in [0.15, 0.2) is 27.8 Å². The first-order valence-corrected chi connectivity index (χ1v) is 8.26. The van der Waals surface area contributed by atoms with Gasteiger partial charge in [-0.2, -0.15) is 0 Å². The van der Waals surface area contributed by atoms with Gasteiger partial charge in [0.25, 0.3) is 0 Å². The van der Waals surface area contributed by atoms with Gasteiger partial charge < -0.3 is 10.9 Å². The molecule has 0 amide bonds. The standard InChI is InChI=1S/C12H18BrN3O3S/c1-12(2,3)7-20(18,19)16-10-6-8(13)4-5-9(10)11(14)15-17/h4-6,16-17H,7H2,1-3H3,(H2,14,15). The van der Waals surface area contributed by atoms with Crippen LogP contribution >= 0.6 is 15.9 Å². The molecule has 0 saturated heterocycles. The summed E-state index contributed by atoms with van der Waals surface area (Å²) in [7, 11) is -3.54. The number of nitrogens with two attached hydrogens (primary N) is 1. The van der Waals surface area contributed by atoms with Crippen molar-refractivity contribution in [2.24, 2.45) is 16.3 Å². The molecule has 112 valence electrons. The first-order valence-electron chi connectivity index (χ1n) is 5.82. The van der Waals surface area contributed by atoms with Gasteiger partial charge in [-0.05, 0) is 23.6 Å². The van der Waals surface area contributed by atoms with Gasteiger partial charge in [-0.15, -0.1) is 0 Å². The number of hydrogen-bond donors (Lipinski definition) is 3. The maximum absolute atomic E-state index is 12.1. The van der Waals surface area contributed by atoms with E-state index in [9.17, 15) is 8.42 Å². The minimum atomic E-state index is -3.54. The summed E-state index contributed by atoms with van der Waals surface area (Å²) in [6.07, 6.45) is 0. The van der Waals surface area contributed by atoms with E-state index in [0.717, 1.165) is 0 Å². The smallest absolute Gasteiger partial charge is 0.233 e. The Labute approximate surface area is 127 Å². The molecule has 6 nitrogen and oxygen atoms in total. The van der Waals surface area contributed by atoms with Crippen LogP contribution in [0.25, 0.3) is 0 Å². The van der Waals surface area contributed by atoms with Crippen molar-refractivity contribution in [2.75, 3.05) is 10.5 Å². The van der Waals surface area contributed by atoms with Crippen LogP contribution in [0.1, 0.15) is 26.3 Å². The Bertz CT molecular complexity index is 621. The van der Waals surface area contributed by atoms with Gasteiger partial charge in [-0.25, -0.2) is 8.42 Å². The predicted octanol–water partition coefficient (Wildman–Crippen LogP) is 2.33. The van der Waals surface area contributed by atoms with E-state index in [1.165, 1.54) is 0 Å². The summed E-state index contributed by atoms with van der Waals surface area (Å²) >= 11 is 3.26. The Kier molecular flexibility index (Phi) is 5.04. The molecule has 0 unspecified atom stereocenters. The van der Waals surface area contributed by atoms with Crippen LogP contribution in [0.4, 0.5) is 5.69 Å². The molecule has 0 spiro atoms. The molecule has 0 fully saturated rings. The van der Waals surface area contributed by atoms with Gasteiger partial charge in [0.1, 0.15) is 0 Å². The largest absolute Gasteiger partial charge is 0.409 e. The van der Waals surface area contributed by atoms with E-state index in [-0.39, 0.29) is 22.7 Å². The lowest BCUT2D eigenvalue weighted by Gasteiger charge is -2.19. The van der Waals surface area contributed by atoms with E-state index in [2.05, 4.69) is 25.8 Å². The number of oxime groups is 1. The molecular formula is C12H18BrN3O3S. The third-order valence-electron chi connectivity index (χ3n) is 2.25. The maximum Gasteiger partial charge on any atom is 0.233 e. The number of anilines is 1. The number of halogens is 1. The summed E-state index contributed by atoms with van der Waals surface area (Å²) in [5.74, 6) is -0.201. The second-order valence-electron chi connectivity index (χ2n) is 5.60. The lowest BCUT2D eigenvalue weighted by atomic mass is 10.0. The Balaban J connectivity index is 3.18. The molecule has 0 bridgehead atoms. The summed E-state index contributed by atoms with van der Waals surface area (Å²) in [5.41, 5.74) is 5.74. The SMILES string of the molecule is CC(C)(C)CS(=O)(=O)Nc1cc(Br)ccc1/C(N)=N/O. The van der Waals surface area contributed by atoms with Gasteiger partial charge >= 0.3 is 0 Å². The van der Waals surface area contributed by atoms with Crippen LogP contribution in [0, 0.1) is 5.41 Å². The van der Waals surface area contributed by atoms with Gasteiger partial charge in [-0.1, -0.05) is 41.9 Å². The summed E-state index contributed by atoms with van der Waals surface area (Å²) < 4.78 is 27.4. The zero-order valence-electron chi connectivity index (χ0n) is 11.5. The molecule has 0 atom stereocenters. The molecule has 0 radical (unpaired) electrons.